The van der Waals surface area contributed by atoms with Gasteiger partial charge in [0.2, 0.25) is 5.91 Å². The Kier molecular flexibility index (Phi) is 6.18. The van der Waals surface area contributed by atoms with Gasteiger partial charge in [0.1, 0.15) is 5.75 Å². The average Bonchev–Trinajstić information content (AvgIpc) is 2.39. The minimum atomic E-state index is -0.649. The van der Waals surface area contributed by atoms with E-state index in [1.54, 1.807) is 18.9 Å². The molecule has 1 atom stereocenters. The minimum absolute atomic E-state index is 0.310. The molecule has 4 nitrogen and oxygen atoms in total. The molecule has 0 bridgehead atoms. The standard InChI is InChI=1S/C14H22N2O2S/c1-4-16-14(2,13(15)17)9-10-19-12-8-6-5-7-11(12)18-3/h5-8,16H,4,9-10H2,1-3H3,(H2,15,17). The molecule has 0 saturated carbocycles. The van der Waals surface area contributed by atoms with Crippen LogP contribution >= 0.6 is 11.8 Å². The van der Waals surface area contributed by atoms with Gasteiger partial charge in [0, 0.05) is 10.6 Å². The highest BCUT2D eigenvalue weighted by molar-refractivity contribution is 7.99. The monoisotopic (exact) mass is 282 g/mol. The highest BCUT2D eigenvalue weighted by Gasteiger charge is 2.29. The first-order valence-corrected chi connectivity index (χ1v) is 7.33. The second-order valence-corrected chi connectivity index (χ2v) is 5.61. The molecule has 1 aromatic carbocycles. The van der Waals surface area contributed by atoms with Crippen LogP contribution in [0, 0.1) is 0 Å². The Bertz CT molecular complexity index is 426. The van der Waals surface area contributed by atoms with Gasteiger partial charge in [0.15, 0.2) is 0 Å². The fraction of sp³-hybridized carbons (Fsp3) is 0.500. The van der Waals surface area contributed by atoms with Crippen molar-refractivity contribution >= 4 is 17.7 Å². The number of hydrogen-bond acceptors (Lipinski definition) is 4. The Morgan fingerprint density at radius 2 is 2.16 bits per heavy atom. The smallest absolute Gasteiger partial charge is 0.237 e. The molecular weight excluding hydrogens is 260 g/mol. The van der Waals surface area contributed by atoms with Gasteiger partial charge in [-0.05, 0) is 32.0 Å². The number of primary amides is 1. The van der Waals surface area contributed by atoms with Crippen molar-refractivity contribution < 1.29 is 9.53 Å². The largest absolute Gasteiger partial charge is 0.496 e. The number of hydrogen-bond donors (Lipinski definition) is 2. The Hall–Kier alpha value is -1.20. The van der Waals surface area contributed by atoms with Crippen LogP contribution in [-0.4, -0.2) is 30.9 Å². The van der Waals surface area contributed by atoms with Crippen molar-refractivity contribution in [3.8, 4) is 5.75 Å². The zero-order valence-electron chi connectivity index (χ0n) is 11.7. The summed E-state index contributed by atoms with van der Waals surface area (Å²) in [6.45, 7) is 4.54. The van der Waals surface area contributed by atoms with E-state index in [0.29, 0.717) is 6.42 Å². The van der Waals surface area contributed by atoms with Gasteiger partial charge in [-0.2, -0.15) is 0 Å². The molecule has 0 radical (unpaired) electrons. The van der Waals surface area contributed by atoms with E-state index in [0.717, 1.165) is 22.9 Å². The number of carbonyl (C=O) groups excluding carboxylic acids is 1. The third-order valence-corrected chi connectivity index (χ3v) is 4.10. The molecule has 0 aliphatic rings. The molecule has 0 heterocycles. The summed E-state index contributed by atoms with van der Waals surface area (Å²) >= 11 is 1.67. The maximum Gasteiger partial charge on any atom is 0.237 e. The number of ether oxygens (including phenoxy) is 1. The summed E-state index contributed by atoms with van der Waals surface area (Å²) in [6.07, 6.45) is 0.679. The maximum atomic E-state index is 11.5. The van der Waals surface area contributed by atoms with Gasteiger partial charge < -0.3 is 15.8 Å². The van der Waals surface area contributed by atoms with Gasteiger partial charge >= 0.3 is 0 Å². The van der Waals surface area contributed by atoms with E-state index in [9.17, 15) is 4.79 Å². The number of benzene rings is 1. The lowest BCUT2D eigenvalue weighted by Gasteiger charge is -2.26. The molecule has 0 aromatic heterocycles. The van der Waals surface area contributed by atoms with Gasteiger partial charge in [-0.1, -0.05) is 19.1 Å². The summed E-state index contributed by atoms with van der Waals surface area (Å²) in [5.74, 6) is 1.35. The lowest BCUT2D eigenvalue weighted by molar-refractivity contribution is -0.123. The summed E-state index contributed by atoms with van der Waals surface area (Å²) in [5, 5.41) is 3.15. The zero-order chi connectivity index (χ0) is 14.3. The molecule has 5 heteroatoms. The van der Waals surface area contributed by atoms with E-state index < -0.39 is 5.54 Å². The van der Waals surface area contributed by atoms with Crippen molar-refractivity contribution in [2.45, 2.75) is 30.7 Å². The molecule has 0 aliphatic heterocycles. The summed E-state index contributed by atoms with van der Waals surface area (Å²) in [6, 6.07) is 7.86. The van der Waals surface area contributed by atoms with Crippen LogP contribution in [0.25, 0.3) is 0 Å². The average molecular weight is 282 g/mol. The van der Waals surface area contributed by atoms with Crippen LogP contribution in [0.1, 0.15) is 20.3 Å². The molecule has 19 heavy (non-hydrogen) atoms. The second kappa shape index (κ2) is 7.40. The molecule has 0 fully saturated rings. The molecule has 1 aromatic rings. The van der Waals surface area contributed by atoms with Gasteiger partial charge in [-0.25, -0.2) is 0 Å². The molecule has 0 aliphatic carbocycles. The third-order valence-electron chi connectivity index (χ3n) is 3.04. The van der Waals surface area contributed by atoms with E-state index in [1.165, 1.54) is 0 Å². The summed E-state index contributed by atoms with van der Waals surface area (Å²) < 4.78 is 5.29. The number of carbonyl (C=O) groups is 1. The van der Waals surface area contributed by atoms with Crippen molar-refractivity contribution in [3.05, 3.63) is 24.3 Å². The first-order chi connectivity index (χ1) is 9.03. The van der Waals surface area contributed by atoms with Crippen LogP contribution < -0.4 is 15.8 Å². The van der Waals surface area contributed by atoms with E-state index in [1.807, 2.05) is 38.1 Å². The molecule has 1 rings (SSSR count). The summed E-state index contributed by atoms with van der Waals surface area (Å²) in [5.41, 5.74) is 4.81. The lowest BCUT2D eigenvalue weighted by Crippen LogP contribution is -2.53. The Morgan fingerprint density at radius 3 is 2.74 bits per heavy atom. The topological polar surface area (TPSA) is 64.3 Å². The van der Waals surface area contributed by atoms with Crippen LogP contribution in [0.15, 0.2) is 29.2 Å². The first kappa shape index (κ1) is 15.9. The molecule has 1 unspecified atom stereocenters. The Labute approximate surface area is 119 Å². The van der Waals surface area contributed by atoms with E-state index in [-0.39, 0.29) is 5.91 Å². The number of likely N-dealkylation sites (N-methyl/N-ethyl adjacent to an activating group) is 1. The first-order valence-electron chi connectivity index (χ1n) is 6.34. The molecule has 106 valence electrons. The normalized spacial score (nSPS) is 13.8. The predicted octanol–water partition coefficient (Wildman–Crippen LogP) is 2.03. The number of nitrogens with one attached hydrogen (secondary N) is 1. The number of methoxy groups -OCH3 is 1. The number of nitrogens with two attached hydrogens (primary N) is 1. The summed E-state index contributed by atoms with van der Waals surface area (Å²) in [4.78, 5) is 12.6. The quantitative estimate of drug-likeness (QED) is 0.716. The number of para-hydroxylation sites is 1. The zero-order valence-corrected chi connectivity index (χ0v) is 12.5. The Balaban J connectivity index is 2.59. The number of amides is 1. The summed E-state index contributed by atoms with van der Waals surface area (Å²) in [7, 11) is 1.66. The van der Waals surface area contributed by atoms with Crippen LogP contribution in [-0.2, 0) is 4.79 Å². The van der Waals surface area contributed by atoms with Crippen LogP contribution in [0.2, 0.25) is 0 Å². The molecule has 1 amide bonds. The number of thioether (sulfide) groups is 1. The molecule has 3 N–H and O–H groups in total. The van der Waals surface area contributed by atoms with Crippen LogP contribution in [0.4, 0.5) is 0 Å². The fourth-order valence-electron chi connectivity index (χ4n) is 1.79. The molecular formula is C14H22N2O2S. The van der Waals surface area contributed by atoms with Crippen LogP contribution in [0.3, 0.4) is 0 Å². The van der Waals surface area contributed by atoms with Crippen molar-refractivity contribution in [3.63, 3.8) is 0 Å². The van der Waals surface area contributed by atoms with Gasteiger partial charge in [0.25, 0.3) is 0 Å². The van der Waals surface area contributed by atoms with E-state index in [4.69, 9.17) is 10.5 Å². The van der Waals surface area contributed by atoms with Gasteiger partial charge in [0.05, 0.1) is 12.6 Å². The molecule has 0 spiro atoms. The van der Waals surface area contributed by atoms with Crippen molar-refractivity contribution in [2.75, 3.05) is 19.4 Å². The fourth-order valence-corrected chi connectivity index (χ4v) is 2.99. The maximum absolute atomic E-state index is 11.5. The highest BCUT2D eigenvalue weighted by atomic mass is 32.2. The second-order valence-electron chi connectivity index (χ2n) is 4.48. The van der Waals surface area contributed by atoms with Gasteiger partial charge in [-0.3, -0.25) is 4.79 Å². The minimum Gasteiger partial charge on any atom is -0.496 e. The van der Waals surface area contributed by atoms with Crippen molar-refractivity contribution in [2.24, 2.45) is 5.73 Å². The lowest BCUT2D eigenvalue weighted by atomic mass is 9.98. The van der Waals surface area contributed by atoms with E-state index in [2.05, 4.69) is 5.32 Å². The van der Waals surface area contributed by atoms with Crippen LogP contribution in [0.5, 0.6) is 5.75 Å². The molecule has 0 saturated heterocycles. The van der Waals surface area contributed by atoms with Crippen molar-refractivity contribution in [1.29, 1.82) is 0 Å². The highest BCUT2D eigenvalue weighted by Crippen LogP contribution is 2.30. The SMILES string of the molecule is CCNC(C)(CCSc1ccccc1OC)C(N)=O. The van der Waals surface area contributed by atoms with Gasteiger partial charge in [-0.15, -0.1) is 11.8 Å². The van der Waals surface area contributed by atoms with Crippen molar-refractivity contribution in [1.82, 2.24) is 5.32 Å². The third kappa shape index (κ3) is 4.44. The predicted molar refractivity (Wildman–Crippen MR) is 79.6 cm³/mol. The number of rotatable bonds is 8. The Morgan fingerprint density at radius 1 is 1.47 bits per heavy atom. The van der Waals surface area contributed by atoms with E-state index >= 15 is 0 Å².